The zero-order valence-corrected chi connectivity index (χ0v) is 25.6. The van der Waals surface area contributed by atoms with E-state index < -0.39 is 67.6 Å². The van der Waals surface area contributed by atoms with Crippen molar-refractivity contribution in [3.05, 3.63) is 74.0 Å². The fourth-order valence-electron chi connectivity index (χ4n) is 6.91. The highest BCUT2D eigenvalue weighted by atomic mass is 16.6. The third kappa shape index (κ3) is 4.81. The summed E-state index contributed by atoms with van der Waals surface area (Å²) in [7, 11) is 0. The van der Waals surface area contributed by atoms with E-state index >= 15 is 0 Å². The van der Waals surface area contributed by atoms with Crippen molar-refractivity contribution < 1.29 is 39.7 Å². The molecule has 0 heterocycles. The summed E-state index contributed by atoms with van der Waals surface area (Å²) in [5, 5.41) is 57.8. The smallest absolute Gasteiger partial charge is 0.270 e. The number of ketones is 3. The van der Waals surface area contributed by atoms with Crippen molar-refractivity contribution in [1.82, 2.24) is 0 Å². The number of nitro benzene ring substituents is 1. The Kier molecular flexibility index (Phi) is 7.16. The Morgan fingerprint density at radius 2 is 1.70 bits per heavy atom. The predicted molar refractivity (Wildman–Crippen MR) is 162 cm³/mol. The molecule has 2 aromatic carbocycles. The number of hydrogen-bond acceptors (Lipinski definition) is 9. The average Bonchev–Trinajstić information content (AvgIpc) is 2.89. The minimum Gasteiger partial charge on any atom is -0.508 e. The van der Waals surface area contributed by atoms with Crippen LogP contribution in [0.5, 0.6) is 5.75 Å². The second-order valence-corrected chi connectivity index (χ2v) is 14.4. The molecule has 0 amide bonds. The average molecular weight is 604 g/mol. The number of allylic oxidation sites excluding steroid dienone is 1. The van der Waals surface area contributed by atoms with Crippen LogP contribution in [0, 0.1) is 27.4 Å². The third-order valence-corrected chi connectivity index (χ3v) is 8.96. The standard InChI is InChI=1S/C34H37NO9/c1-32(2,3)15-24(37)27-23(36)13-18-10-17-12-21-20(16-8-7-9-19(11-16)35(43)44)14-22(33(4,5)6)28(38)26(21)29(39)25(17)30(40)34(18,42)31(27)41/h7-9,11,14,17-18,38-39,41-42H,10,12-13,15H2,1-6H3/t17-,18+,34+/m1/s1. The Morgan fingerprint density at radius 3 is 2.30 bits per heavy atom. The van der Waals surface area contributed by atoms with E-state index in [1.807, 2.05) is 20.8 Å². The highest BCUT2D eigenvalue weighted by molar-refractivity contribution is 6.24. The molecule has 44 heavy (non-hydrogen) atoms. The number of aliphatic hydroxyl groups is 3. The van der Waals surface area contributed by atoms with Crippen LogP contribution in [0.15, 0.2) is 47.2 Å². The number of non-ortho nitro benzene ring substituents is 1. The van der Waals surface area contributed by atoms with E-state index in [9.17, 15) is 44.9 Å². The van der Waals surface area contributed by atoms with Gasteiger partial charge >= 0.3 is 0 Å². The maximum Gasteiger partial charge on any atom is 0.270 e. The van der Waals surface area contributed by atoms with Gasteiger partial charge in [0.1, 0.15) is 22.8 Å². The summed E-state index contributed by atoms with van der Waals surface area (Å²) in [4.78, 5) is 51.4. The second-order valence-electron chi connectivity index (χ2n) is 14.4. The summed E-state index contributed by atoms with van der Waals surface area (Å²) in [5.41, 5.74) is -2.85. The molecule has 4 N–H and O–H groups in total. The molecule has 10 nitrogen and oxygen atoms in total. The number of rotatable bonds is 4. The number of Topliss-reactive ketones (excluding diaryl/α,β-unsaturated/α-hetero) is 3. The Hall–Kier alpha value is -4.31. The van der Waals surface area contributed by atoms with Gasteiger partial charge in [-0.2, -0.15) is 0 Å². The van der Waals surface area contributed by atoms with Crippen molar-refractivity contribution in [2.45, 2.75) is 78.2 Å². The molecule has 1 fully saturated rings. The largest absolute Gasteiger partial charge is 0.508 e. The van der Waals surface area contributed by atoms with E-state index in [1.165, 1.54) is 12.1 Å². The van der Waals surface area contributed by atoms with Crippen LogP contribution in [0.3, 0.4) is 0 Å². The zero-order valence-electron chi connectivity index (χ0n) is 25.6. The number of fused-ring (bicyclic) bond motifs is 3. The molecule has 0 bridgehead atoms. The number of carbonyl (C=O) groups excluding carboxylic acids is 3. The number of carbonyl (C=O) groups is 3. The molecule has 1 saturated carbocycles. The zero-order chi connectivity index (χ0) is 32.7. The second kappa shape index (κ2) is 10.1. The van der Waals surface area contributed by atoms with Crippen LogP contribution in [0.25, 0.3) is 16.9 Å². The maximum absolute atomic E-state index is 14.1. The van der Waals surface area contributed by atoms with Crippen molar-refractivity contribution in [3.63, 3.8) is 0 Å². The first-order valence-corrected chi connectivity index (χ1v) is 14.6. The lowest BCUT2D eigenvalue weighted by Gasteiger charge is -2.46. The lowest BCUT2D eigenvalue weighted by Crippen LogP contribution is -2.58. The highest BCUT2D eigenvalue weighted by Crippen LogP contribution is 2.54. The molecule has 0 aliphatic heterocycles. The fourth-order valence-corrected chi connectivity index (χ4v) is 6.91. The summed E-state index contributed by atoms with van der Waals surface area (Å²) >= 11 is 0. The number of benzene rings is 2. The molecule has 3 aliphatic carbocycles. The first kappa shape index (κ1) is 31.1. The molecular weight excluding hydrogens is 566 g/mol. The van der Waals surface area contributed by atoms with Crippen LogP contribution in [0.1, 0.15) is 77.5 Å². The van der Waals surface area contributed by atoms with Gasteiger partial charge in [0.25, 0.3) is 5.69 Å². The Balaban J connectivity index is 1.74. The van der Waals surface area contributed by atoms with E-state index in [-0.39, 0.29) is 48.3 Å². The SMILES string of the molecule is CC(C)(C)CC(=O)C1=C(O)[C@@]2(O)C(=O)C3=C(O)c4c(O)c(C(C)(C)C)cc(-c5cccc([N+](=O)[O-])c5)c4C[C@H]3C[C@H]2CC1=O. The number of aliphatic hydroxyl groups excluding tert-OH is 2. The molecule has 232 valence electrons. The van der Waals surface area contributed by atoms with Crippen LogP contribution in [0.2, 0.25) is 0 Å². The molecule has 0 saturated heterocycles. The Bertz CT molecular complexity index is 1720. The number of hydrogen-bond donors (Lipinski definition) is 4. The van der Waals surface area contributed by atoms with Crippen LogP contribution in [-0.2, 0) is 26.2 Å². The van der Waals surface area contributed by atoms with Gasteiger partial charge in [0.15, 0.2) is 17.2 Å². The molecule has 3 atom stereocenters. The Labute approximate surface area is 254 Å². The van der Waals surface area contributed by atoms with Gasteiger partial charge in [-0.1, -0.05) is 53.7 Å². The molecular formula is C34H37NO9. The molecule has 0 spiro atoms. The van der Waals surface area contributed by atoms with Crippen molar-refractivity contribution >= 4 is 28.8 Å². The number of phenols is 1. The van der Waals surface area contributed by atoms with Gasteiger partial charge in [-0.05, 0) is 52.3 Å². The van der Waals surface area contributed by atoms with Crippen LogP contribution >= 0.6 is 0 Å². The molecule has 2 aromatic rings. The number of phenolic OH excluding ortho intramolecular Hbond substituents is 1. The summed E-state index contributed by atoms with van der Waals surface area (Å²) in [6.45, 7) is 10.9. The number of nitro groups is 1. The first-order valence-electron chi connectivity index (χ1n) is 14.6. The lowest BCUT2D eigenvalue weighted by atomic mass is 9.58. The highest BCUT2D eigenvalue weighted by Gasteiger charge is 2.60. The molecule has 0 aromatic heterocycles. The van der Waals surface area contributed by atoms with Gasteiger partial charge in [-0.3, -0.25) is 24.5 Å². The van der Waals surface area contributed by atoms with Crippen LogP contribution in [-0.4, -0.2) is 48.3 Å². The van der Waals surface area contributed by atoms with Gasteiger partial charge in [0.05, 0.1) is 10.5 Å². The molecule has 10 heteroatoms. The summed E-state index contributed by atoms with van der Waals surface area (Å²) in [5.74, 6) is -5.95. The topological polar surface area (TPSA) is 175 Å². The minimum absolute atomic E-state index is 0.0216. The van der Waals surface area contributed by atoms with Gasteiger partial charge in [0.2, 0.25) is 5.78 Å². The van der Waals surface area contributed by atoms with Gasteiger partial charge in [0, 0.05) is 42.0 Å². The number of aromatic hydroxyl groups is 1. The van der Waals surface area contributed by atoms with Crippen molar-refractivity contribution in [3.8, 4) is 16.9 Å². The predicted octanol–water partition coefficient (Wildman–Crippen LogP) is 5.82. The van der Waals surface area contributed by atoms with E-state index in [2.05, 4.69) is 0 Å². The van der Waals surface area contributed by atoms with Crippen LogP contribution in [0.4, 0.5) is 5.69 Å². The van der Waals surface area contributed by atoms with Crippen molar-refractivity contribution in [1.29, 1.82) is 0 Å². The van der Waals surface area contributed by atoms with Crippen LogP contribution < -0.4 is 0 Å². The summed E-state index contributed by atoms with van der Waals surface area (Å²) in [6.07, 6.45) is -0.312. The third-order valence-electron chi connectivity index (χ3n) is 8.96. The minimum atomic E-state index is -2.60. The molecule has 0 radical (unpaired) electrons. The summed E-state index contributed by atoms with van der Waals surface area (Å²) in [6, 6.07) is 7.72. The molecule has 0 unspecified atom stereocenters. The van der Waals surface area contributed by atoms with Gasteiger partial charge in [-0.25, -0.2) is 0 Å². The quantitative estimate of drug-likeness (QED) is 0.191. The maximum atomic E-state index is 14.1. The summed E-state index contributed by atoms with van der Waals surface area (Å²) < 4.78 is 0. The Morgan fingerprint density at radius 1 is 1.05 bits per heavy atom. The fraction of sp³-hybridized carbons (Fsp3) is 0.441. The number of nitrogens with zero attached hydrogens (tertiary/aromatic N) is 1. The molecule has 5 rings (SSSR count). The van der Waals surface area contributed by atoms with E-state index in [1.54, 1.807) is 39.0 Å². The normalized spacial score (nSPS) is 23.7. The van der Waals surface area contributed by atoms with Gasteiger partial charge < -0.3 is 20.4 Å². The van der Waals surface area contributed by atoms with Crippen molar-refractivity contribution in [2.75, 3.05) is 0 Å². The lowest BCUT2D eigenvalue weighted by molar-refractivity contribution is -0.384. The van der Waals surface area contributed by atoms with Crippen molar-refractivity contribution in [2.24, 2.45) is 17.3 Å². The van der Waals surface area contributed by atoms with E-state index in [0.29, 0.717) is 22.3 Å². The first-order chi connectivity index (χ1) is 20.3. The van der Waals surface area contributed by atoms with E-state index in [0.717, 1.165) is 0 Å². The van der Waals surface area contributed by atoms with Gasteiger partial charge in [-0.15, -0.1) is 0 Å². The van der Waals surface area contributed by atoms with E-state index in [4.69, 9.17) is 0 Å². The molecule has 3 aliphatic rings. The monoisotopic (exact) mass is 603 g/mol.